The first kappa shape index (κ1) is 14.0. The van der Waals surface area contributed by atoms with Crippen LogP contribution in [0.3, 0.4) is 0 Å². The van der Waals surface area contributed by atoms with Gasteiger partial charge in [-0.25, -0.2) is 4.98 Å². The Morgan fingerprint density at radius 1 is 1.14 bits per heavy atom. The second-order valence-corrected chi connectivity index (χ2v) is 5.62. The van der Waals surface area contributed by atoms with E-state index < -0.39 is 0 Å². The second-order valence-electron chi connectivity index (χ2n) is 5.62. The summed E-state index contributed by atoms with van der Waals surface area (Å²) in [6, 6.07) is 11.2. The average Bonchev–Trinajstić information content (AvgIpc) is 2.57. The third-order valence-electron chi connectivity index (χ3n) is 4.14. The van der Waals surface area contributed by atoms with E-state index in [2.05, 4.69) is 45.3 Å². The maximum atomic E-state index is 4.43. The van der Waals surface area contributed by atoms with Crippen molar-refractivity contribution in [3.05, 3.63) is 54.5 Å². The minimum Gasteiger partial charge on any atom is -0.357 e. The van der Waals surface area contributed by atoms with E-state index >= 15 is 0 Å². The van der Waals surface area contributed by atoms with E-state index in [0.29, 0.717) is 12.1 Å². The molecule has 0 aliphatic carbocycles. The molecule has 2 aromatic heterocycles. The fraction of sp³-hybridized carbons (Fsp3) is 0.412. The standard InChI is InChI=1S/C17H22N4/c1-14(15-5-4-9-18-13-15)20-16-7-11-21(12-8-16)17-6-2-3-10-19-17/h2-6,9-10,13-14,16,20H,7-8,11-12H2,1H3/t14-/m1/s1. The molecule has 0 unspecified atom stereocenters. The zero-order valence-electron chi connectivity index (χ0n) is 12.4. The third kappa shape index (κ3) is 3.58. The lowest BCUT2D eigenvalue weighted by atomic mass is 10.0. The Kier molecular flexibility index (Phi) is 4.46. The zero-order valence-corrected chi connectivity index (χ0v) is 12.4. The fourth-order valence-electron chi connectivity index (χ4n) is 2.90. The molecule has 0 amide bonds. The van der Waals surface area contributed by atoms with E-state index in [1.165, 1.54) is 5.56 Å². The van der Waals surface area contributed by atoms with E-state index in [9.17, 15) is 0 Å². The van der Waals surface area contributed by atoms with Gasteiger partial charge in [0.05, 0.1) is 0 Å². The number of hydrogen-bond acceptors (Lipinski definition) is 4. The van der Waals surface area contributed by atoms with Crippen molar-refractivity contribution in [3.8, 4) is 0 Å². The molecule has 0 spiro atoms. The van der Waals surface area contributed by atoms with E-state index in [1.807, 2.05) is 30.7 Å². The van der Waals surface area contributed by atoms with Crippen LogP contribution in [0.25, 0.3) is 0 Å². The lowest BCUT2D eigenvalue weighted by molar-refractivity contribution is 0.379. The monoisotopic (exact) mass is 282 g/mol. The van der Waals surface area contributed by atoms with Gasteiger partial charge in [0.25, 0.3) is 0 Å². The third-order valence-corrected chi connectivity index (χ3v) is 4.14. The van der Waals surface area contributed by atoms with E-state index in [4.69, 9.17) is 0 Å². The Bertz CT molecular complexity index is 535. The summed E-state index contributed by atoms with van der Waals surface area (Å²) in [5.74, 6) is 1.09. The zero-order chi connectivity index (χ0) is 14.5. The minimum absolute atomic E-state index is 0.352. The van der Waals surface area contributed by atoms with Crippen molar-refractivity contribution in [3.63, 3.8) is 0 Å². The lowest BCUT2D eigenvalue weighted by Gasteiger charge is -2.34. The Balaban J connectivity index is 1.52. The van der Waals surface area contributed by atoms with Gasteiger partial charge in [0.2, 0.25) is 0 Å². The minimum atomic E-state index is 0.352. The molecule has 0 aromatic carbocycles. The second kappa shape index (κ2) is 6.68. The quantitative estimate of drug-likeness (QED) is 0.936. The largest absolute Gasteiger partial charge is 0.357 e. The number of piperidine rings is 1. The van der Waals surface area contributed by atoms with Crippen LogP contribution in [0.5, 0.6) is 0 Å². The van der Waals surface area contributed by atoms with Gasteiger partial charge in [-0.05, 0) is 43.5 Å². The molecule has 21 heavy (non-hydrogen) atoms. The van der Waals surface area contributed by atoms with Gasteiger partial charge in [-0.2, -0.15) is 0 Å². The Hall–Kier alpha value is -1.94. The first-order chi connectivity index (χ1) is 10.3. The van der Waals surface area contributed by atoms with Crippen LogP contribution in [0.1, 0.15) is 31.4 Å². The first-order valence-corrected chi connectivity index (χ1v) is 7.65. The van der Waals surface area contributed by atoms with Gasteiger partial charge in [0.15, 0.2) is 0 Å². The van der Waals surface area contributed by atoms with Crippen LogP contribution in [0.4, 0.5) is 5.82 Å². The van der Waals surface area contributed by atoms with Gasteiger partial charge in [0.1, 0.15) is 5.82 Å². The molecule has 1 aliphatic heterocycles. The topological polar surface area (TPSA) is 41.0 Å². The molecule has 0 saturated carbocycles. The van der Waals surface area contributed by atoms with Gasteiger partial charge < -0.3 is 10.2 Å². The number of nitrogens with one attached hydrogen (secondary N) is 1. The molecule has 2 aromatic rings. The van der Waals surface area contributed by atoms with Gasteiger partial charge in [-0.1, -0.05) is 12.1 Å². The number of pyridine rings is 2. The molecule has 4 heteroatoms. The molecular weight excluding hydrogens is 260 g/mol. The molecule has 110 valence electrons. The SMILES string of the molecule is C[C@@H](NC1CCN(c2ccccn2)CC1)c1cccnc1. The summed E-state index contributed by atoms with van der Waals surface area (Å²) in [6.45, 7) is 4.34. The number of aromatic nitrogens is 2. The molecule has 0 bridgehead atoms. The van der Waals surface area contributed by atoms with Gasteiger partial charge in [0, 0.05) is 43.8 Å². The summed E-state index contributed by atoms with van der Waals surface area (Å²) in [6.07, 6.45) is 7.94. The van der Waals surface area contributed by atoms with Gasteiger partial charge in [-0.15, -0.1) is 0 Å². The van der Waals surface area contributed by atoms with Crippen molar-refractivity contribution in [1.82, 2.24) is 15.3 Å². The molecule has 1 fully saturated rings. The molecule has 3 rings (SSSR count). The molecule has 1 N–H and O–H groups in total. The van der Waals surface area contributed by atoms with Crippen LogP contribution >= 0.6 is 0 Å². The predicted octanol–water partition coefficient (Wildman–Crippen LogP) is 2.80. The van der Waals surface area contributed by atoms with Crippen LogP contribution < -0.4 is 10.2 Å². The number of nitrogens with zero attached hydrogens (tertiary/aromatic N) is 3. The number of anilines is 1. The molecule has 1 aliphatic rings. The molecule has 1 atom stereocenters. The Morgan fingerprint density at radius 2 is 2.00 bits per heavy atom. The first-order valence-electron chi connectivity index (χ1n) is 7.65. The highest BCUT2D eigenvalue weighted by Gasteiger charge is 2.21. The van der Waals surface area contributed by atoms with Crippen LogP contribution in [-0.2, 0) is 0 Å². The van der Waals surface area contributed by atoms with Crippen LogP contribution in [0.15, 0.2) is 48.9 Å². The fourth-order valence-corrected chi connectivity index (χ4v) is 2.90. The van der Waals surface area contributed by atoms with E-state index in [0.717, 1.165) is 31.7 Å². The molecule has 1 saturated heterocycles. The summed E-state index contributed by atoms with van der Waals surface area (Å²) in [5, 5.41) is 3.72. The van der Waals surface area contributed by atoms with E-state index in [1.54, 1.807) is 0 Å². The molecule has 4 nitrogen and oxygen atoms in total. The maximum absolute atomic E-state index is 4.43. The summed E-state index contributed by atoms with van der Waals surface area (Å²) < 4.78 is 0. The highest BCUT2D eigenvalue weighted by molar-refractivity contribution is 5.38. The van der Waals surface area contributed by atoms with Crippen molar-refractivity contribution in [2.24, 2.45) is 0 Å². The van der Waals surface area contributed by atoms with Crippen molar-refractivity contribution in [2.75, 3.05) is 18.0 Å². The highest BCUT2D eigenvalue weighted by Crippen LogP contribution is 2.20. The van der Waals surface area contributed by atoms with Crippen molar-refractivity contribution in [1.29, 1.82) is 0 Å². The van der Waals surface area contributed by atoms with Crippen LogP contribution in [-0.4, -0.2) is 29.1 Å². The molecular formula is C17H22N4. The number of rotatable bonds is 4. The summed E-state index contributed by atoms with van der Waals surface area (Å²) >= 11 is 0. The van der Waals surface area contributed by atoms with Crippen molar-refractivity contribution in [2.45, 2.75) is 31.8 Å². The maximum Gasteiger partial charge on any atom is 0.128 e. The van der Waals surface area contributed by atoms with Gasteiger partial charge >= 0.3 is 0 Å². The molecule has 0 radical (unpaired) electrons. The summed E-state index contributed by atoms with van der Waals surface area (Å²) in [5.41, 5.74) is 1.25. The summed E-state index contributed by atoms with van der Waals surface area (Å²) in [7, 11) is 0. The van der Waals surface area contributed by atoms with Crippen molar-refractivity contribution >= 4 is 5.82 Å². The lowest BCUT2D eigenvalue weighted by Crippen LogP contribution is -2.43. The van der Waals surface area contributed by atoms with Crippen molar-refractivity contribution < 1.29 is 0 Å². The van der Waals surface area contributed by atoms with Crippen LogP contribution in [0, 0.1) is 0 Å². The number of hydrogen-bond donors (Lipinski definition) is 1. The Morgan fingerprint density at radius 3 is 2.67 bits per heavy atom. The summed E-state index contributed by atoms with van der Waals surface area (Å²) in [4.78, 5) is 11.0. The molecule has 3 heterocycles. The highest BCUT2D eigenvalue weighted by atomic mass is 15.2. The van der Waals surface area contributed by atoms with Crippen LogP contribution in [0.2, 0.25) is 0 Å². The average molecular weight is 282 g/mol. The normalized spacial score (nSPS) is 17.7. The van der Waals surface area contributed by atoms with Gasteiger partial charge in [-0.3, -0.25) is 4.98 Å². The van der Waals surface area contributed by atoms with E-state index in [-0.39, 0.29) is 0 Å². The Labute approximate surface area is 126 Å². The smallest absolute Gasteiger partial charge is 0.128 e. The predicted molar refractivity (Wildman–Crippen MR) is 85.3 cm³/mol.